The molecule has 98 valence electrons. The molecule has 1 unspecified atom stereocenters. The summed E-state index contributed by atoms with van der Waals surface area (Å²) in [7, 11) is 0. The minimum absolute atomic E-state index is 0.0419. The lowest BCUT2D eigenvalue weighted by atomic mass is 9.85. The highest BCUT2D eigenvalue weighted by atomic mass is 16.3. The van der Waals surface area contributed by atoms with Crippen molar-refractivity contribution in [2.24, 2.45) is 5.41 Å². The fourth-order valence-electron chi connectivity index (χ4n) is 1.90. The Morgan fingerprint density at radius 1 is 1.39 bits per heavy atom. The van der Waals surface area contributed by atoms with E-state index in [4.69, 9.17) is 5.11 Å². The van der Waals surface area contributed by atoms with Gasteiger partial charge in [0.25, 0.3) is 0 Å². The highest BCUT2D eigenvalue weighted by Crippen LogP contribution is 2.24. The molecule has 0 aliphatic carbocycles. The second kappa shape index (κ2) is 4.94. The Balaban J connectivity index is 2.20. The van der Waals surface area contributed by atoms with E-state index in [1.807, 2.05) is 24.4 Å². The highest BCUT2D eigenvalue weighted by Gasteiger charge is 2.25. The number of anilines is 1. The first-order chi connectivity index (χ1) is 8.50. The van der Waals surface area contributed by atoms with Gasteiger partial charge in [0.2, 0.25) is 5.95 Å². The van der Waals surface area contributed by atoms with Gasteiger partial charge in [-0.25, -0.2) is 4.52 Å². The maximum atomic E-state index is 9.13. The maximum absolute atomic E-state index is 9.13. The van der Waals surface area contributed by atoms with Crippen LogP contribution in [0.25, 0.3) is 5.65 Å². The number of aliphatic hydroxyl groups excluding tert-OH is 1. The van der Waals surface area contributed by atoms with Crippen LogP contribution in [0.1, 0.15) is 27.2 Å². The third-order valence-corrected chi connectivity index (χ3v) is 3.01. The van der Waals surface area contributed by atoms with Crippen molar-refractivity contribution >= 4 is 11.6 Å². The number of fused-ring (bicyclic) bond motifs is 1. The zero-order valence-electron chi connectivity index (χ0n) is 11.1. The van der Waals surface area contributed by atoms with Gasteiger partial charge in [0.1, 0.15) is 0 Å². The van der Waals surface area contributed by atoms with Gasteiger partial charge in [-0.3, -0.25) is 0 Å². The van der Waals surface area contributed by atoms with Crippen LogP contribution in [-0.4, -0.2) is 32.4 Å². The summed E-state index contributed by atoms with van der Waals surface area (Å²) < 4.78 is 1.74. The van der Waals surface area contributed by atoms with E-state index < -0.39 is 0 Å². The fourth-order valence-corrected chi connectivity index (χ4v) is 1.90. The maximum Gasteiger partial charge on any atom is 0.243 e. The molecule has 0 amide bonds. The number of pyridine rings is 1. The van der Waals surface area contributed by atoms with E-state index in [0.717, 1.165) is 5.65 Å². The summed E-state index contributed by atoms with van der Waals surface area (Å²) in [5.74, 6) is 0.606. The molecule has 2 aromatic rings. The van der Waals surface area contributed by atoms with E-state index in [2.05, 4.69) is 36.2 Å². The smallest absolute Gasteiger partial charge is 0.243 e. The summed E-state index contributed by atoms with van der Waals surface area (Å²) in [6.07, 6.45) is 2.55. The monoisotopic (exact) mass is 248 g/mol. The van der Waals surface area contributed by atoms with Crippen LogP contribution in [-0.2, 0) is 0 Å². The molecule has 0 saturated heterocycles. The Kier molecular flexibility index (Phi) is 3.52. The van der Waals surface area contributed by atoms with Gasteiger partial charge in [-0.15, -0.1) is 5.10 Å². The first kappa shape index (κ1) is 12.8. The lowest BCUT2D eigenvalue weighted by Gasteiger charge is -2.30. The van der Waals surface area contributed by atoms with Crippen LogP contribution in [0.3, 0.4) is 0 Å². The largest absolute Gasteiger partial charge is 0.396 e. The number of nitrogens with one attached hydrogen (secondary N) is 1. The molecule has 0 fully saturated rings. The van der Waals surface area contributed by atoms with Crippen LogP contribution in [0.4, 0.5) is 5.95 Å². The summed E-state index contributed by atoms with van der Waals surface area (Å²) in [5.41, 5.74) is 0.858. The molecule has 0 saturated carbocycles. The van der Waals surface area contributed by atoms with E-state index in [1.54, 1.807) is 4.52 Å². The molecule has 0 aliphatic rings. The van der Waals surface area contributed by atoms with Crippen LogP contribution < -0.4 is 5.32 Å². The van der Waals surface area contributed by atoms with Crippen LogP contribution in [0.5, 0.6) is 0 Å². The Labute approximate surface area is 107 Å². The van der Waals surface area contributed by atoms with Gasteiger partial charge in [0, 0.05) is 18.8 Å². The predicted molar refractivity (Wildman–Crippen MR) is 71.6 cm³/mol. The lowest BCUT2D eigenvalue weighted by molar-refractivity contribution is 0.235. The normalized spacial score (nSPS) is 13.8. The summed E-state index contributed by atoms with van der Waals surface area (Å²) in [6, 6.07) is 5.90. The van der Waals surface area contributed by atoms with Gasteiger partial charge in [-0.2, -0.15) is 4.98 Å². The summed E-state index contributed by atoms with van der Waals surface area (Å²) in [5, 5.41) is 16.8. The SMILES string of the molecule is CC(C)(C)C(CCO)Nc1nc2ccccn2n1. The van der Waals surface area contributed by atoms with Crippen molar-refractivity contribution in [1.29, 1.82) is 0 Å². The molecule has 5 nitrogen and oxygen atoms in total. The van der Waals surface area contributed by atoms with Crippen molar-refractivity contribution in [3.05, 3.63) is 24.4 Å². The Bertz CT molecular complexity index is 482. The third-order valence-electron chi connectivity index (χ3n) is 3.01. The molecule has 2 heterocycles. The molecule has 0 aromatic carbocycles. The summed E-state index contributed by atoms with van der Waals surface area (Å²) in [4.78, 5) is 4.41. The quantitative estimate of drug-likeness (QED) is 0.868. The molecule has 1 atom stereocenters. The summed E-state index contributed by atoms with van der Waals surface area (Å²) in [6.45, 7) is 6.56. The molecule has 18 heavy (non-hydrogen) atoms. The van der Waals surface area contributed by atoms with Crippen LogP contribution in [0, 0.1) is 5.41 Å². The Morgan fingerprint density at radius 3 is 2.78 bits per heavy atom. The van der Waals surface area contributed by atoms with Crippen molar-refractivity contribution in [3.8, 4) is 0 Å². The van der Waals surface area contributed by atoms with Gasteiger partial charge in [0.05, 0.1) is 0 Å². The minimum Gasteiger partial charge on any atom is -0.396 e. The number of hydrogen-bond acceptors (Lipinski definition) is 4. The number of nitrogens with zero attached hydrogens (tertiary/aromatic N) is 3. The number of aliphatic hydroxyl groups is 1. The van der Waals surface area contributed by atoms with Crippen molar-refractivity contribution in [2.45, 2.75) is 33.2 Å². The molecule has 0 aliphatic heterocycles. The lowest BCUT2D eigenvalue weighted by Crippen LogP contribution is -2.35. The van der Waals surface area contributed by atoms with Gasteiger partial charge < -0.3 is 10.4 Å². The molecule has 0 radical (unpaired) electrons. The zero-order valence-corrected chi connectivity index (χ0v) is 11.1. The standard InChI is InChI=1S/C13H20N4O/c1-13(2,3)10(7-9-18)14-12-15-11-6-4-5-8-17(11)16-12/h4-6,8,10,18H,7,9H2,1-3H3,(H,14,16). The second-order valence-corrected chi connectivity index (χ2v) is 5.51. The number of hydrogen-bond donors (Lipinski definition) is 2. The van der Waals surface area contributed by atoms with Gasteiger partial charge in [0.15, 0.2) is 5.65 Å². The fraction of sp³-hybridized carbons (Fsp3) is 0.538. The molecular formula is C13H20N4O. The van der Waals surface area contributed by atoms with Crippen molar-refractivity contribution < 1.29 is 5.11 Å². The minimum atomic E-state index is 0.0419. The average Bonchev–Trinajstić information content (AvgIpc) is 2.69. The molecule has 0 spiro atoms. The van der Waals surface area contributed by atoms with E-state index in [0.29, 0.717) is 12.4 Å². The van der Waals surface area contributed by atoms with Crippen LogP contribution in [0.2, 0.25) is 0 Å². The molecule has 2 aromatic heterocycles. The van der Waals surface area contributed by atoms with Gasteiger partial charge in [-0.1, -0.05) is 26.8 Å². The topological polar surface area (TPSA) is 62.5 Å². The van der Waals surface area contributed by atoms with Gasteiger partial charge >= 0.3 is 0 Å². The summed E-state index contributed by atoms with van der Waals surface area (Å²) >= 11 is 0. The van der Waals surface area contributed by atoms with Crippen molar-refractivity contribution in [3.63, 3.8) is 0 Å². The molecule has 0 bridgehead atoms. The third kappa shape index (κ3) is 2.79. The number of aromatic nitrogens is 3. The second-order valence-electron chi connectivity index (χ2n) is 5.51. The van der Waals surface area contributed by atoms with Crippen molar-refractivity contribution in [1.82, 2.24) is 14.6 Å². The Hall–Kier alpha value is -1.62. The number of rotatable bonds is 4. The average molecular weight is 248 g/mol. The van der Waals surface area contributed by atoms with Crippen molar-refractivity contribution in [2.75, 3.05) is 11.9 Å². The first-order valence-corrected chi connectivity index (χ1v) is 6.19. The van der Waals surface area contributed by atoms with E-state index in [-0.39, 0.29) is 18.1 Å². The highest BCUT2D eigenvalue weighted by molar-refractivity contribution is 5.43. The van der Waals surface area contributed by atoms with Crippen LogP contribution in [0.15, 0.2) is 24.4 Å². The molecule has 5 heteroatoms. The van der Waals surface area contributed by atoms with Gasteiger partial charge in [-0.05, 0) is 24.0 Å². The first-order valence-electron chi connectivity index (χ1n) is 6.19. The zero-order chi connectivity index (χ0) is 13.2. The molecule has 2 rings (SSSR count). The van der Waals surface area contributed by atoms with E-state index in [1.165, 1.54) is 0 Å². The Morgan fingerprint density at radius 2 is 2.17 bits per heavy atom. The van der Waals surface area contributed by atoms with Crippen LogP contribution >= 0.6 is 0 Å². The van der Waals surface area contributed by atoms with E-state index in [9.17, 15) is 0 Å². The predicted octanol–water partition coefficient (Wildman–Crippen LogP) is 1.94. The van der Waals surface area contributed by atoms with E-state index >= 15 is 0 Å². The molecular weight excluding hydrogens is 228 g/mol. The molecule has 2 N–H and O–H groups in total.